The minimum absolute atomic E-state index is 0.280. The Labute approximate surface area is 133 Å². The molecule has 0 amide bonds. The maximum atomic E-state index is 13.5. The molecule has 0 fully saturated rings. The fourth-order valence-electron chi connectivity index (χ4n) is 2.49. The molecule has 0 spiro atoms. The monoisotopic (exact) mass is 316 g/mol. The van der Waals surface area contributed by atoms with Gasteiger partial charge in [0.15, 0.2) is 6.04 Å². The molecule has 3 rings (SSSR count). The molecule has 7 heteroatoms. The van der Waals surface area contributed by atoms with Gasteiger partial charge in [-0.2, -0.15) is 5.01 Å². The lowest BCUT2D eigenvalue weighted by Gasteiger charge is -2.30. The lowest BCUT2D eigenvalue weighted by atomic mass is 10.2. The van der Waals surface area contributed by atoms with Gasteiger partial charge in [-0.25, -0.2) is 14.2 Å². The summed E-state index contributed by atoms with van der Waals surface area (Å²) < 4.78 is 18.5. The lowest BCUT2D eigenvalue weighted by Crippen LogP contribution is -2.54. The highest BCUT2D eigenvalue weighted by Gasteiger charge is 2.37. The first-order valence-corrected chi connectivity index (χ1v) is 7.36. The molecule has 1 aromatic carbocycles. The summed E-state index contributed by atoms with van der Waals surface area (Å²) in [7, 11) is 0. The van der Waals surface area contributed by atoms with E-state index in [0.29, 0.717) is 18.1 Å². The van der Waals surface area contributed by atoms with Gasteiger partial charge in [-0.05, 0) is 49.8 Å². The second-order valence-electron chi connectivity index (χ2n) is 5.27. The van der Waals surface area contributed by atoms with Crippen molar-refractivity contribution in [3.8, 4) is 0 Å². The second-order valence-corrected chi connectivity index (χ2v) is 5.27. The van der Waals surface area contributed by atoms with Gasteiger partial charge in [0.1, 0.15) is 17.8 Å². The van der Waals surface area contributed by atoms with Crippen LogP contribution in [0.4, 0.5) is 10.1 Å². The van der Waals surface area contributed by atoms with Crippen molar-refractivity contribution in [2.24, 2.45) is 9.98 Å². The van der Waals surface area contributed by atoms with Crippen LogP contribution in [0.25, 0.3) is 0 Å². The van der Waals surface area contributed by atoms with E-state index in [9.17, 15) is 9.18 Å². The molecular weight excluding hydrogens is 299 g/mol. The van der Waals surface area contributed by atoms with Gasteiger partial charge in [0.2, 0.25) is 0 Å². The Kier molecular flexibility index (Phi) is 4.20. The van der Waals surface area contributed by atoms with Gasteiger partial charge in [0, 0.05) is 6.21 Å². The lowest BCUT2D eigenvalue weighted by molar-refractivity contribution is -0.147. The summed E-state index contributed by atoms with van der Waals surface area (Å²) in [5.41, 5.74) is 4.33. The minimum Gasteiger partial charge on any atom is -0.464 e. The topological polar surface area (TPSA) is 66.3 Å². The van der Waals surface area contributed by atoms with E-state index in [2.05, 4.69) is 15.4 Å². The van der Waals surface area contributed by atoms with Crippen molar-refractivity contribution in [2.75, 3.05) is 6.61 Å². The number of amidine groups is 1. The van der Waals surface area contributed by atoms with Crippen molar-refractivity contribution < 1.29 is 13.9 Å². The molecule has 120 valence electrons. The normalized spacial score (nSPS) is 24.6. The first kappa shape index (κ1) is 15.4. The van der Waals surface area contributed by atoms with Crippen molar-refractivity contribution >= 4 is 23.7 Å². The Morgan fingerprint density at radius 3 is 3.04 bits per heavy atom. The van der Waals surface area contributed by atoms with Crippen LogP contribution in [0, 0.1) is 12.7 Å². The number of aryl methyl sites for hydroxylation is 1. The molecule has 2 heterocycles. The van der Waals surface area contributed by atoms with Crippen LogP contribution in [-0.2, 0) is 9.53 Å². The van der Waals surface area contributed by atoms with Crippen LogP contribution >= 0.6 is 0 Å². The van der Waals surface area contributed by atoms with Crippen molar-refractivity contribution in [3.05, 3.63) is 41.7 Å². The number of aliphatic imine (C=N–C) groups is 2. The van der Waals surface area contributed by atoms with Crippen LogP contribution in [0.5, 0.6) is 0 Å². The smallest absolute Gasteiger partial charge is 0.330 e. The molecule has 2 atom stereocenters. The average molecular weight is 316 g/mol. The Morgan fingerprint density at radius 2 is 2.30 bits per heavy atom. The highest BCUT2D eigenvalue weighted by Crippen LogP contribution is 2.20. The van der Waals surface area contributed by atoms with Crippen molar-refractivity contribution in [2.45, 2.75) is 26.1 Å². The molecule has 2 unspecified atom stereocenters. The fourth-order valence-corrected chi connectivity index (χ4v) is 2.49. The van der Waals surface area contributed by atoms with E-state index in [0.717, 1.165) is 5.56 Å². The number of hydrazine groups is 1. The van der Waals surface area contributed by atoms with Crippen molar-refractivity contribution in [3.63, 3.8) is 0 Å². The molecule has 0 aromatic heterocycles. The zero-order valence-electron chi connectivity index (χ0n) is 12.9. The number of ether oxygens (including phenoxy) is 1. The van der Waals surface area contributed by atoms with Crippen LogP contribution < -0.4 is 5.43 Å². The molecule has 1 N–H and O–H groups in total. The molecule has 0 saturated carbocycles. The van der Waals surface area contributed by atoms with E-state index in [4.69, 9.17) is 4.74 Å². The molecule has 0 aliphatic carbocycles. The predicted octanol–water partition coefficient (Wildman–Crippen LogP) is 1.88. The molecular formula is C16H17FN4O2. The summed E-state index contributed by atoms with van der Waals surface area (Å²) in [5, 5.41) is 1.66. The third-order valence-corrected chi connectivity index (χ3v) is 3.44. The zero-order chi connectivity index (χ0) is 16.4. The van der Waals surface area contributed by atoms with E-state index in [1.165, 1.54) is 12.1 Å². The van der Waals surface area contributed by atoms with Gasteiger partial charge in [-0.3, -0.25) is 10.4 Å². The van der Waals surface area contributed by atoms with E-state index in [-0.39, 0.29) is 18.0 Å². The van der Waals surface area contributed by atoms with Gasteiger partial charge >= 0.3 is 5.97 Å². The third kappa shape index (κ3) is 3.29. The number of esters is 1. The van der Waals surface area contributed by atoms with Crippen LogP contribution in [-0.4, -0.2) is 41.8 Å². The molecule has 6 nitrogen and oxygen atoms in total. The Hall–Kier alpha value is -2.54. The summed E-state index contributed by atoms with van der Waals surface area (Å²) in [5.74, 6) is -0.204. The van der Waals surface area contributed by atoms with E-state index in [1.807, 2.05) is 6.08 Å². The molecule has 0 radical (unpaired) electrons. The molecule has 0 saturated heterocycles. The number of fused-ring (bicyclic) bond motifs is 1. The van der Waals surface area contributed by atoms with Gasteiger partial charge in [0.05, 0.1) is 12.3 Å². The maximum absolute atomic E-state index is 13.5. The average Bonchev–Trinajstić information content (AvgIpc) is 2.89. The first-order chi connectivity index (χ1) is 11.1. The van der Waals surface area contributed by atoms with Crippen LogP contribution in [0.1, 0.15) is 12.5 Å². The largest absolute Gasteiger partial charge is 0.464 e. The minimum atomic E-state index is -0.607. The summed E-state index contributed by atoms with van der Waals surface area (Å²) in [6.07, 6.45) is 4.84. The zero-order valence-corrected chi connectivity index (χ0v) is 12.9. The fraction of sp³-hybridized carbons (Fsp3) is 0.312. The molecule has 2 aliphatic heterocycles. The molecule has 23 heavy (non-hydrogen) atoms. The number of nitrogens with one attached hydrogen (secondary N) is 1. The quantitative estimate of drug-likeness (QED) is 0.865. The van der Waals surface area contributed by atoms with Gasteiger partial charge in [0.25, 0.3) is 0 Å². The molecule has 0 bridgehead atoms. The number of carbonyl (C=O) groups excluding carboxylic acids is 1. The van der Waals surface area contributed by atoms with Crippen molar-refractivity contribution in [1.82, 2.24) is 10.4 Å². The van der Waals surface area contributed by atoms with E-state index < -0.39 is 6.04 Å². The van der Waals surface area contributed by atoms with Crippen LogP contribution in [0.15, 0.2) is 40.3 Å². The number of rotatable bonds is 3. The number of hydrogen-bond acceptors (Lipinski definition) is 5. The van der Waals surface area contributed by atoms with E-state index in [1.54, 1.807) is 37.2 Å². The van der Waals surface area contributed by atoms with Gasteiger partial charge in [-0.1, -0.05) is 0 Å². The standard InChI is InChI=1S/C16H17FN4O2/c1-3-23-16(22)13-9-18-15-5-4-14(20-21(13)15)19-12-7-10(2)6-11(17)8-12/h4-9,13,15H,3H2,1-2H3,(H,19,20). The Morgan fingerprint density at radius 1 is 1.48 bits per heavy atom. The summed E-state index contributed by atoms with van der Waals surface area (Å²) in [6, 6.07) is 3.96. The molecule has 2 aliphatic rings. The predicted molar refractivity (Wildman–Crippen MR) is 85.0 cm³/mol. The van der Waals surface area contributed by atoms with Gasteiger partial charge in [-0.15, -0.1) is 0 Å². The van der Waals surface area contributed by atoms with E-state index >= 15 is 0 Å². The Bertz CT molecular complexity index is 694. The van der Waals surface area contributed by atoms with Gasteiger partial charge < -0.3 is 4.74 Å². The van der Waals surface area contributed by atoms with Crippen LogP contribution in [0.3, 0.4) is 0 Å². The number of nitrogens with zero attached hydrogens (tertiary/aromatic N) is 3. The maximum Gasteiger partial charge on any atom is 0.330 e. The number of hydrogen-bond donors (Lipinski definition) is 1. The second kappa shape index (κ2) is 6.29. The highest BCUT2D eigenvalue weighted by atomic mass is 19.1. The summed E-state index contributed by atoms with van der Waals surface area (Å²) in [6.45, 7) is 3.86. The first-order valence-electron chi connectivity index (χ1n) is 7.36. The number of benzene rings is 1. The van der Waals surface area contributed by atoms with Crippen molar-refractivity contribution in [1.29, 1.82) is 0 Å². The SMILES string of the molecule is CCOC(=O)C1C=NC2C=CC(=Nc3cc(C)cc(F)c3)NN21. The number of carbonyl (C=O) groups is 1. The summed E-state index contributed by atoms with van der Waals surface area (Å²) >= 11 is 0. The molecule has 1 aromatic rings. The third-order valence-electron chi connectivity index (χ3n) is 3.44. The number of halogens is 1. The highest BCUT2D eigenvalue weighted by molar-refractivity contribution is 5.99. The van der Waals surface area contributed by atoms with Crippen LogP contribution in [0.2, 0.25) is 0 Å². The Balaban J connectivity index is 1.81. The summed E-state index contributed by atoms with van der Waals surface area (Å²) in [4.78, 5) is 20.6.